The lowest BCUT2D eigenvalue weighted by Crippen LogP contribution is -2.42. The number of hydrogen-bond acceptors (Lipinski definition) is 4. The summed E-state index contributed by atoms with van der Waals surface area (Å²) in [5.74, 6) is -3.25. The molecule has 0 bridgehead atoms. The third-order valence-corrected chi connectivity index (χ3v) is 2.31. The summed E-state index contributed by atoms with van der Waals surface area (Å²) in [7, 11) is 0. The van der Waals surface area contributed by atoms with E-state index in [0.717, 1.165) is 0 Å². The van der Waals surface area contributed by atoms with Crippen molar-refractivity contribution in [1.82, 2.24) is 5.32 Å². The largest absolute Gasteiger partial charge is 0.508 e. The number of phenols is 1. The quantitative estimate of drug-likeness (QED) is 0.574. The summed E-state index contributed by atoms with van der Waals surface area (Å²) in [6.07, 6.45) is -0.777. The number of carbonyl (C=O) groups excluding carboxylic acids is 1. The zero-order chi connectivity index (χ0) is 14.4. The highest BCUT2D eigenvalue weighted by Gasteiger charge is 2.22. The van der Waals surface area contributed by atoms with Crippen molar-refractivity contribution in [3.05, 3.63) is 29.8 Å². The SMILES string of the molecule is O=C(O)CC(NC(=O)Cc1ccc(O)cc1)C(=O)O. The molecule has 4 N–H and O–H groups in total. The number of aliphatic carboxylic acids is 2. The van der Waals surface area contributed by atoms with E-state index < -0.39 is 30.3 Å². The maximum Gasteiger partial charge on any atom is 0.326 e. The summed E-state index contributed by atoms with van der Waals surface area (Å²) >= 11 is 0. The average Bonchev–Trinajstić information content (AvgIpc) is 2.30. The molecular weight excluding hydrogens is 254 g/mol. The van der Waals surface area contributed by atoms with Gasteiger partial charge < -0.3 is 20.6 Å². The van der Waals surface area contributed by atoms with Crippen LogP contribution in [0.4, 0.5) is 0 Å². The summed E-state index contributed by atoms with van der Waals surface area (Å²) in [4.78, 5) is 32.8. The van der Waals surface area contributed by atoms with Crippen LogP contribution < -0.4 is 5.32 Å². The van der Waals surface area contributed by atoms with Gasteiger partial charge in [0.15, 0.2) is 0 Å². The highest BCUT2D eigenvalue weighted by Crippen LogP contribution is 2.10. The first kappa shape index (κ1) is 14.5. The number of carboxylic acids is 2. The Balaban J connectivity index is 2.59. The second-order valence-electron chi connectivity index (χ2n) is 3.90. The van der Waals surface area contributed by atoms with Gasteiger partial charge >= 0.3 is 11.9 Å². The van der Waals surface area contributed by atoms with Gasteiger partial charge in [-0.1, -0.05) is 12.1 Å². The molecule has 102 valence electrons. The van der Waals surface area contributed by atoms with E-state index in [4.69, 9.17) is 15.3 Å². The summed E-state index contributed by atoms with van der Waals surface area (Å²) in [5, 5.41) is 28.5. The van der Waals surface area contributed by atoms with Crippen LogP contribution in [0.5, 0.6) is 5.75 Å². The third kappa shape index (κ3) is 5.07. The zero-order valence-electron chi connectivity index (χ0n) is 9.87. The molecule has 0 aromatic heterocycles. The Bertz CT molecular complexity index is 481. The fourth-order valence-corrected chi connectivity index (χ4v) is 1.42. The van der Waals surface area contributed by atoms with Crippen LogP contribution >= 0.6 is 0 Å². The minimum atomic E-state index is -1.46. The van der Waals surface area contributed by atoms with Gasteiger partial charge in [-0.3, -0.25) is 9.59 Å². The molecule has 1 rings (SSSR count). The molecule has 0 aliphatic heterocycles. The van der Waals surface area contributed by atoms with Gasteiger partial charge in [-0.15, -0.1) is 0 Å². The second-order valence-corrected chi connectivity index (χ2v) is 3.90. The molecule has 0 radical (unpaired) electrons. The van der Waals surface area contributed by atoms with E-state index >= 15 is 0 Å². The van der Waals surface area contributed by atoms with Crippen LogP contribution in [0.1, 0.15) is 12.0 Å². The minimum absolute atomic E-state index is 0.0541. The number of hydrogen-bond donors (Lipinski definition) is 4. The molecule has 1 atom stereocenters. The van der Waals surface area contributed by atoms with E-state index in [9.17, 15) is 14.4 Å². The molecule has 1 aromatic rings. The van der Waals surface area contributed by atoms with Crippen LogP contribution in [-0.2, 0) is 20.8 Å². The first-order valence-electron chi connectivity index (χ1n) is 5.40. The Labute approximate surface area is 108 Å². The van der Waals surface area contributed by atoms with Crippen LogP contribution in [0, 0.1) is 0 Å². The molecule has 7 heteroatoms. The van der Waals surface area contributed by atoms with Gasteiger partial charge in [0, 0.05) is 0 Å². The Morgan fingerprint density at radius 3 is 2.16 bits per heavy atom. The van der Waals surface area contributed by atoms with Crippen molar-refractivity contribution in [2.45, 2.75) is 18.9 Å². The monoisotopic (exact) mass is 267 g/mol. The number of aromatic hydroxyl groups is 1. The molecular formula is C12H13NO6. The van der Waals surface area contributed by atoms with Crippen molar-refractivity contribution in [2.24, 2.45) is 0 Å². The topological polar surface area (TPSA) is 124 Å². The molecule has 1 aromatic carbocycles. The van der Waals surface area contributed by atoms with E-state index in [1.54, 1.807) is 0 Å². The van der Waals surface area contributed by atoms with Crippen LogP contribution in [0.25, 0.3) is 0 Å². The molecule has 7 nitrogen and oxygen atoms in total. The van der Waals surface area contributed by atoms with E-state index in [0.29, 0.717) is 5.56 Å². The number of rotatable bonds is 6. The Kier molecular flexibility index (Phi) is 4.87. The van der Waals surface area contributed by atoms with Gasteiger partial charge in [-0.25, -0.2) is 4.79 Å². The summed E-state index contributed by atoms with van der Waals surface area (Å²) < 4.78 is 0. The molecule has 19 heavy (non-hydrogen) atoms. The lowest BCUT2D eigenvalue weighted by atomic mass is 10.1. The van der Waals surface area contributed by atoms with Gasteiger partial charge in [0.05, 0.1) is 12.8 Å². The highest BCUT2D eigenvalue weighted by molar-refractivity contribution is 5.87. The van der Waals surface area contributed by atoms with Gasteiger partial charge in [0.2, 0.25) is 5.91 Å². The molecule has 0 spiro atoms. The minimum Gasteiger partial charge on any atom is -0.508 e. The normalized spacial score (nSPS) is 11.6. The summed E-state index contributed by atoms with van der Waals surface area (Å²) in [5.41, 5.74) is 0.578. The fraction of sp³-hybridized carbons (Fsp3) is 0.250. The first-order valence-corrected chi connectivity index (χ1v) is 5.40. The van der Waals surface area contributed by atoms with Crippen molar-refractivity contribution in [1.29, 1.82) is 0 Å². The van der Waals surface area contributed by atoms with Crippen LogP contribution in [-0.4, -0.2) is 39.2 Å². The van der Waals surface area contributed by atoms with Crippen molar-refractivity contribution in [3.8, 4) is 5.75 Å². The van der Waals surface area contributed by atoms with E-state index in [1.807, 2.05) is 0 Å². The Morgan fingerprint density at radius 2 is 1.68 bits per heavy atom. The number of carbonyl (C=O) groups is 3. The number of phenolic OH excluding ortho intramolecular Hbond substituents is 1. The van der Waals surface area contributed by atoms with Crippen molar-refractivity contribution >= 4 is 17.8 Å². The number of amides is 1. The molecule has 0 fully saturated rings. The number of nitrogens with one attached hydrogen (secondary N) is 1. The molecule has 1 amide bonds. The van der Waals surface area contributed by atoms with Gasteiger partial charge in [-0.2, -0.15) is 0 Å². The first-order chi connectivity index (χ1) is 8.88. The van der Waals surface area contributed by atoms with Crippen LogP contribution in [0.2, 0.25) is 0 Å². The van der Waals surface area contributed by atoms with E-state index in [2.05, 4.69) is 5.32 Å². The van der Waals surface area contributed by atoms with Gasteiger partial charge in [0.1, 0.15) is 11.8 Å². The molecule has 0 saturated heterocycles. The lowest BCUT2D eigenvalue weighted by Gasteiger charge is -2.12. The third-order valence-electron chi connectivity index (χ3n) is 2.31. The molecule has 0 aliphatic carbocycles. The van der Waals surface area contributed by atoms with E-state index in [-0.39, 0.29) is 12.2 Å². The maximum atomic E-state index is 11.6. The predicted molar refractivity (Wildman–Crippen MR) is 63.6 cm³/mol. The zero-order valence-corrected chi connectivity index (χ0v) is 9.87. The van der Waals surface area contributed by atoms with Crippen LogP contribution in [0.15, 0.2) is 24.3 Å². The van der Waals surface area contributed by atoms with Crippen LogP contribution in [0.3, 0.4) is 0 Å². The summed E-state index contributed by atoms with van der Waals surface area (Å²) in [6, 6.07) is 4.37. The van der Waals surface area contributed by atoms with Gasteiger partial charge in [-0.05, 0) is 17.7 Å². The lowest BCUT2D eigenvalue weighted by molar-refractivity contribution is -0.147. The molecule has 0 heterocycles. The molecule has 0 aliphatic rings. The van der Waals surface area contributed by atoms with Crippen molar-refractivity contribution in [3.63, 3.8) is 0 Å². The maximum absolute atomic E-state index is 11.6. The smallest absolute Gasteiger partial charge is 0.326 e. The van der Waals surface area contributed by atoms with Crippen molar-refractivity contribution < 1.29 is 29.7 Å². The second kappa shape index (κ2) is 6.39. The number of carboxylic acid groups (broad SMARTS) is 2. The molecule has 0 saturated carbocycles. The van der Waals surface area contributed by atoms with Crippen molar-refractivity contribution in [2.75, 3.05) is 0 Å². The van der Waals surface area contributed by atoms with Gasteiger partial charge in [0.25, 0.3) is 0 Å². The molecule has 1 unspecified atom stereocenters. The average molecular weight is 267 g/mol. The van der Waals surface area contributed by atoms with E-state index in [1.165, 1.54) is 24.3 Å². The standard InChI is InChI=1S/C12H13NO6/c14-8-3-1-7(2-4-8)5-10(15)13-9(12(18)19)6-11(16)17/h1-4,9,14H,5-6H2,(H,13,15)(H,16,17)(H,18,19). The fourth-order valence-electron chi connectivity index (χ4n) is 1.42. The Hall–Kier alpha value is -2.57. The highest BCUT2D eigenvalue weighted by atomic mass is 16.4. The predicted octanol–water partition coefficient (Wildman–Crippen LogP) is -0.0212. The summed E-state index contributed by atoms with van der Waals surface area (Å²) in [6.45, 7) is 0. The Morgan fingerprint density at radius 1 is 1.11 bits per heavy atom. The number of benzene rings is 1.